The predicted octanol–water partition coefficient (Wildman–Crippen LogP) is 5.65. The number of carbonyl (C=O) groups excluding carboxylic acids is 1. The Morgan fingerprint density at radius 3 is 2.70 bits per heavy atom. The molecule has 1 heteroatoms. The second-order valence-electron chi connectivity index (χ2n) is 9.48. The molecule has 4 rings (SSSR count). The highest BCUT2D eigenvalue weighted by molar-refractivity contribution is 5.91. The molecular weight excluding hydrogens is 280 g/mol. The number of ketones is 1. The van der Waals surface area contributed by atoms with E-state index in [1.165, 1.54) is 37.7 Å². The monoisotopic (exact) mass is 314 g/mol. The maximum atomic E-state index is 12.0. The van der Waals surface area contributed by atoms with Gasteiger partial charge in [-0.1, -0.05) is 39.7 Å². The first kappa shape index (κ1) is 15.9. The largest absolute Gasteiger partial charge is 0.295 e. The lowest BCUT2D eigenvalue weighted by Gasteiger charge is -2.58. The van der Waals surface area contributed by atoms with E-state index in [9.17, 15) is 4.79 Å². The lowest BCUT2D eigenvalue weighted by molar-refractivity contribution is -0.116. The third-order valence-corrected chi connectivity index (χ3v) is 8.97. The molecule has 0 aliphatic heterocycles. The molecule has 6 unspecified atom stereocenters. The van der Waals surface area contributed by atoms with Gasteiger partial charge < -0.3 is 0 Å². The Kier molecular flexibility index (Phi) is 3.78. The van der Waals surface area contributed by atoms with E-state index in [0.717, 1.165) is 48.3 Å². The summed E-state index contributed by atoms with van der Waals surface area (Å²) in [4.78, 5) is 12.0. The number of hydrogen-bond acceptors (Lipinski definition) is 1. The standard InChI is InChI=1S/C22H34O/c1-5-15-6-9-20-21-14(3)13(2)19-12-16(23)7-8-17(19)18(21)10-11-22(15,20)4/h12-15,17-18,20-21H,5-11H2,1-4H3/t13?,14-,15+,17?,18?,20?,21?,22?/m1/s1. The van der Waals surface area contributed by atoms with Gasteiger partial charge in [-0.3, -0.25) is 4.79 Å². The number of rotatable bonds is 1. The van der Waals surface area contributed by atoms with E-state index in [1.807, 2.05) is 0 Å². The van der Waals surface area contributed by atoms with E-state index in [1.54, 1.807) is 0 Å². The van der Waals surface area contributed by atoms with Crippen molar-refractivity contribution >= 4 is 5.78 Å². The van der Waals surface area contributed by atoms with Crippen LogP contribution in [0.1, 0.15) is 72.6 Å². The molecule has 3 saturated carbocycles. The van der Waals surface area contributed by atoms with Crippen LogP contribution >= 0.6 is 0 Å². The summed E-state index contributed by atoms with van der Waals surface area (Å²) < 4.78 is 0. The molecule has 4 aliphatic rings. The fourth-order valence-corrected chi connectivity index (χ4v) is 7.63. The summed E-state index contributed by atoms with van der Waals surface area (Å²) in [5.41, 5.74) is 2.14. The minimum atomic E-state index is 0.390. The smallest absolute Gasteiger partial charge is 0.155 e. The minimum absolute atomic E-state index is 0.390. The van der Waals surface area contributed by atoms with E-state index in [2.05, 4.69) is 33.8 Å². The molecule has 4 aliphatic carbocycles. The molecule has 0 bridgehead atoms. The lowest BCUT2D eigenvalue weighted by atomic mass is 9.47. The molecule has 3 fully saturated rings. The lowest BCUT2D eigenvalue weighted by Crippen LogP contribution is -2.51. The van der Waals surface area contributed by atoms with E-state index in [0.29, 0.717) is 17.1 Å². The van der Waals surface area contributed by atoms with Crippen molar-refractivity contribution in [2.45, 2.75) is 72.6 Å². The van der Waals surface area contributed by atoms with Crippen LogP contribution in [-0.4, -0.2) is 5.78 Å². The molecule has 0 aromatic rings. The van der Waals surface area contributed by atoms with Gasteiger partial charge in [0.1, 0.15) is 0 Å². The van der Waals surface area contributed by atoms with E-state index in [-0.39, 0.29) is 0 Å². The van der Waals surface area contributed by atoms with Crippen molar-refractivity contribution in [2.75, 3.05) is 0 Å². The summed E-state index contributed by atoms with van der Waals surface area (Å²) in [6, 6.07) is 0. The highest BCUT2D eigenvalue weighted by atomic mass is 16.1. The van der Waals surface area contributed by atoms with Gasteiger partial charge in [-0.15, -0.1) is 0 Å². The van der Waals surface area contributed by atoms with Crippen molar-refractivity contribution < 1.29 is 4.79 Å². The fraction of sp³-hybridized carbons (Fsp3) is 0.864. The first-order valence-corrected chi connectivity index (χ1v) is 10.2. The van der Waals surface area contributed by atoms with Crippen molar-refractivity contribution in [2.24, 2.45) is 46.8 Å². The fourth-order valence-electron chi connectivity index (χ4n) is 7.63. The second-order valence-corrected chi connectivity index (χ2v) is 9.48. The van der Waals surface area contributed by atoms with Gasteiger partial charge in [0.05, 0.1) is 0 Å². The first-order valence-electron chi connectivity index (χ1n) is 10.2. The van der Waals surface area contributed by atoms with E-state index < -0.39 is 0 Å². The molecule has 0 amide bonds. The van der Waals surface area contributed by atoms with E-state index >= 15 is 0 Å². The summed E-state index contributed by atoms with van der Waals surface area (Å²) in [5, 5.41) is 0. The van der Waals surface area contributed by atoms with Crippen molar-refractivity contribution in [3.05, 3.63) is 11.6 Å². The third kappa shape index (κ3) is 2.14. The summed E-state index contributed by atoms with van der Waals surface area (Å²) >= 11 is 0. The topological polar surface area (TPSA) is 17.1 Å². The second kappa shape index (κ2) is 5.46. The molecule has 128 valence electrons. The van der Waals surface area contributed by atoms with E-state index in [4.69, 9.17) is 0 Å². The van der Waals surface area contributed by atoms with Crippen LogP contribution in [0.25, 0.3) is 0 Å². The summed E-state index contributed by atoms with van der Waals surface area (Å²) in [6.07, 6.45) is 11.2. The van der Waals surface area contributed by atoms with Gasteiger partial charge in [0, 0.05) is 6.42 Å². The van der Waals surface area contributed by atoms with Gasteiger partial charge in [-0.25, -0.2) is 0 Å². The molecule has 0 aromatic carbocycles. The highest BCUT2D eigenvalue weighted by Crippen LogP contribution is 2.66. The van der Waals surface area contributed by atoms with Crippen molar-refractivity contribution in [3.8, 4) is 0 Å². The zero-order valence-electron chi connectivity index (χ0n) is 15.5. The zero-order chi connectivity index (χ0) is 16.4. The van der Waals surface area contributed by atoms with Crippen LogP contribution < -0.4 is 0 Å². The number of hydrogen-bond donors (Lipinski definition) is 0. The molecule has 0 heterocycles. The summed E-state index contributed by atoms with van der Waals surface area (Å²) in [5.74, 6) is 6.19. The van der Waals surface area contributed by atoms with Gasteiger partial charge in [0.15, 0.2) is 5.78 Å². The average Bonchev–Trinajstić information content (AvgIpc) is 2.88. The van der Waals surface area contributed by atoms with Crippen molar-refractivity contribution in [3.63, 3.8) is 0 Å². The molecular formula is C22H34O. The molecule has 0 saturated heterocycles. The van der Waals surface area contributed by atoms with Gasteiger partial charge >= 0.3 is 0 Å². The maximum absolute atomic E-state index is 12.0. The third-order valence-electron chi connectivity index (χ3n) is 8.97. The molecule has 0 N–H and O–H groups in total. The Bertz CT molecular complexity index is 532. The SMILES string of the molecule is CC[C@H]1CCC2C3C(CCC21C)C1CCC(=O)C=C1C(C)[C@H]3C. The average molecular weight is 315 g/mol. The van der Waals surface area contributed by atoms with Crippen molar-refractivity contribution in [1.29, 1.82) is 0 Å². The van der Waals surface area contributed by atoms with Crippen LogP contribution in [0, 0.1) is 46.8 Å². The van der Waals surface area contributed by atoms with Crippen LogP contribution in [0.2, 0.25) is 0 Å². The minimum Gasteiger partial charge on any atom is -0.295 e. The van der Waals surface area contributed by atoms with Crippen molar-refractivity contribution in [1.82, 2.24) is 0 Å². The Balaban J connectivity index is 1.70. The summed E-state index contributed by atoms with van der Waals surface area (Å²) in [6.45, 7) is 9.95. The maximum Gasteiger partial charge on any atom is 0.155 e. The Morgan fingerprint density at radius 1 is 1.17 bits per heavy atom. The quantitative estimate of drug-likeness (QED) is 0.611. The molecule has 0 spiro atoms. The van der Waals surface area contributed by atoms with Crippen LogP contribution in [0.4, 0.5) is 0 Å². The Labute approximate surface area is 142 Å². The van der Waals surface area contributed by atoms with Crippen LogP contribution in [-0.2, 0) is 4.79 Å². The van der Waals surface area contributed by atoms with Gasteiger partial charge in [0.25, 0.3) is 0 Å². The molecule has 1 nitrogen and oxygen atoms in total. The van der Waals surface area contributed by atoms with Crippen LogP contribution in [0.3, 0.4) is 0 Å². The molecule has 0 aromatic heterocycles. The van der Waals surface area contributed by atoms with Gasteiger partial charge in [0.2, 0.25) is 0 Å². The van der Waals surface area contributed by atoms with Gasteiger partial charge in [-0.05, 0) is 85.0 Å². The molecule has 23 heavy (non-hydrogen) atoms. The van der Waals surface area contributed by atoms with Crippen LogP contribution in [0.15, 0.2) is 11.6 Å². The first-order chi connectivity index (χ1) is 11.0. The van der Waals surface area contributed by atoms with Crippen LogP contribution in [0.5, 0.6) is 0 Å². The zero-order valence-corrected chi connectivity index (χ0v) is 15.5. The normalized spacial score (nSPS) is 52.4. The number of carbonyl (C=O) groups is 1. The Hall–Kier alpha value is -0.590. The summed E-state index contributed by atoms with van der Waals surface area (Å²) in [7, 11) is 0. The van der Waals surface area contributed by atoms with Gasteiger partial charge in [-0.2, -0.15) is 0 Å². The predicted molar refractivity (Wildman–Crippen MR) is 95.0 cm³/mol. The molecule has 8 atom stereocenters. The molecule has 0 radical (unpaired) electrons. The Morgan fingerprint density at radius 2 is 1.96 bits per heavy atom. The highest BCUT2D eigenvalue weighted by Gasteiger charge is 2.58. The number of allylic oxidation sites excluding steroid dienone is 1. The number of fused-ring (bicyclic) bond motifs is 5.